The van der Waals surface area contributed by atoms with Crippen LogP contribution in [0.5, 0.6) is 0 Å². The van der Waals surface area contributed by atoms with Crippen LogP contribution in [0.3, 0.4) is 0 Å². The van der Waals surface area contributed by atoms with Crippen LogP contribution >= 0.6 is 0 Å². The second-order valence-corrected chi connectivity index (χ2v) is 8.00. The standard InChI is InChI=1S/C23H29N7O/c1-28(17-21-9-6-14-29(21)22-10-5-12-25-27-22)18-23(31)24-13-11-19-15-26-30(16-19)20-7-3-2-4-8-20/h2-5,7-8,10,12,15-16,21H,6,9,11,13-14,17-18H2,1H3,(H,24,31). The lowest BCUT2D eigenvalue weighted by molar-refractivity contribution is -0.121. The Morgan fingerprint density at radius 2 is 2.10 bits per heavy atom. The van der Waals surface area contributed by atoms with Crippen LogP contribution in [0.15, 0.2) is 61.1 Å². The van der Waals surface area contributed by atoms with Gasteiger partial charge in [-0.15, -0.1) is 5.10 Å². The third-order valence-corrected chi connectivity index (χ3v) is 5.56. The summed E-state index contributed by atoms with van der Waals surface area (Å²) in [6.45, 7) is 2.80. The second-order valence-electron chi connectivity index (χ2n) is 8.00. The Morgan fingerprint density at radius 1 is 1.23 bits per heavy atom. The van der Waals surface area contributed by atoms with E-state index in [1.165, 1.54) is 0 Å². The molecule has 1 saturated heterocycles. The number of nitrogens with zero attached hydrogens (tertiary/aromatic N) is 6. The molecule has 1 unspecified atom stereocenters. The van der Waals surface area contributed by atoms with Crippen molar-refractivity contribution in [2.45, 2.75) is 25.3 Å². The molecular formula is C23H29N7O. The molecule has 0 aliphatic carbocycles. The van der Waals surface area contributed by atoms with Gasteiger partial charge in [-0.3, -0.25) is 9.69 Å². The Bertz CT molecular complexity index is 960. The first kappa shape index (κ1) is 21.0. The number of likely N-dealkylation sites (N-methyl/N-ethyl adjacent to an activating group) is 1. The summed E-state index contributed by atoms with van der Waals surface area (Å²) >= 11 is 0. The molecule has 31 heavy (non-hydrogen) atoms. The van der Waals surface area contributed by atoms with Gasteiger partial charge >= 0.3 is 0 Å². The number of benzene rings is 1. The van der Waals surface area contributed by atoms with Gasteiger partial charge in [0.1, 0.15) is 0 Å². The van der Waals surface area contributed by atoms with Crippen molar-refractivity contribution in [2.24, 2.45) is 0 Å². The molecule has 1 atom stereocenters. The maximum Gasteiger partial charge on any atom is 0.234 e. The Hall–Kier alpha value is -3.26. The molecule has 1 aliphatic heterocycles. The van der Waals surface area contributed by atoms with E-state index in [0.717, 1.165) is 49.4 Å². The molecular weight excluding hydrogens is 390 g/mol. The number of anilines is 1. The van der Waals surface area contributed by atoms with Crippen LogP contribution in [-0.2, 0) is 11.2 Å². The Morgan fingerprint density at radius 3 is 2.90 bits per heavy atom. The van der Waals surface area contributed by atoms with Gasteiger partial charge in [-0.05, 0) is 56.1 Å². The number of aromatic nitrogens is 4. The number of carbonyl (C=O) groups is 1. The minimum absolute atomic E-state index is 0.0435. The number of rotatable bonds is 9. The molecule has 0 bridgehead atoms. The zero-order valence-corrected chi connectivity index (χ0v) is 17.9. The zero-order valence-electron chi connectivity index (χ0n) is 17.9. The highest BCUT2D eigenvalue weighted by Crippen LogP contribution is 2.23. The lowest BCUT2D eigenvalue weighted by Crippen LogP contribution is -2.43. The van der Waals surface area contributed by atoms with Crippen LogP contribution in [0.2, 0.25) is 0 Å². The average molecular weight is 420 g/mol. The van der Waals surface area contributed by atoms with Gasteiger partial charge in [0.05, 0.1) is 18.4 Å². The van der Waals surface area contributed by atoms with Crippen molar-refractivity contribution >= 4 is 11.7 Å². The van der Waals surface area contributed by atoms with Crippen molar-refractivity contribution < 1.29 is 4.79 Å². The van der Waals surface area contributed by atoms with Crippen LogP contribution in [0.1, 0.15) is 18.4 Å². The van der Waals surface area contributed by atoms with E-state index in [1.54, 1.807) is 6.20 Å². The van der Waals surface area contributed by atoms with Gasteiger partial charge in [-0.1, -0.05) is 18.2 Å². The van der Waals surface area contributed by atoms with Crippen LogP contribution in [0.25, 0.3) is 5.69 Å². The predicted octanol–water partition coefficient (Wildman–Crippen LogP) is 1.92. The van der Waals surface area contributed by atoms with E-state index >= 15 is 0 Å². The second kappa shape index (κ2) is 10.2. The monoisotopic (exact) mass is 419 g/mol. The van der Waals surface area contributed by atoms with E-state index in [0.29, 0.717) is 19.1 Å². The molecule has 2 aromatic heterocycles. The maximum atomic E-state index is 12.4. The summed E-state index contributed by atoms with van der Waals surface area (Å²) in [6, 6.07) is 14.3. The Balaban J connectivity index is 1.20. The number of amides is 1. The molecule has 0 radical (unpaired) electrons. The fourth-order valence-electron chi connectivity index (χ4n) is 4.06. The fraction of sp³-hybridized carbons (Fsp3) is 0.391. The van der Waals surface area contributed by atoms with Crippen LogP contribution < -0.4 is 10.2 Å². The Labute approximate surface area is 182 Å². The minimum atomic E-state index is 0.0435. The van der Waals surface area contributed by atoms with Gasteiger partial charge < -0.3 is 10.2 Å². The largest absolute Gasteiger partial charge is 0.355 e. The van der Waals surface area contributed by atoms with Crippen molar-refractivity contribution in [3.05, 3.63) is 66.6 Å². The smallest absolute Gasteiger partial charge is 0.234 e. The lowest BCUT2D eigenvalue weighted by Gasteiger charge is -2.28. The minimum Gasteiger partial charge on any atom is -0.355 e. The molecule has 1 fully saturated rings. The molecule has 3 aromatic rings. The highest BCUT2D eigenvalue weighted by molar-refractivity contribution is 5.78. The number of carbonyl (C=O) groups excluding carboxylic acids is 1. The first-order valence-corrected chi connectivity index (χ1v) is 10.8. The van der Waals surface area contributed by atoms with E-state index < -0.39 is 0 Å². The van der Waals surface area contributed by atoms with Crippen molar-refractivity contribution in [1.82, 2.24) is 30.2 Å². The number of para-hydroxylation sites is 1. The van der Waals surface area contributed by atoms with Gasteiger partial charge in [0.25, 0.3) is 0 Å². The summed E-state index contributed by atoms with van der Waals surface area (Å²) < 4.78 is 1.86. The highest BCUT2D eigenvalue weighted by Gasteiger charge is 2.27. The molecule has 0 spiro atoms. The number of hydrogen-bond acceptors (Lipinski definition) is 6. The first-order chi connectivity index (χ1) is 15.2. The van der Waals surface area contributed by atoms with E-state index in [-0.39, 0.29) is 5.91 Å². The molecule has 8 heteroatoms. The predicted molar refractivity (Wildman–Crippen MR) is 120 cm³/mol. The summed E-state index contributed by atoms with van der Waals surface area (Å²) in [5.74, 6) is 0.959. The first-order valence-electron chi connectivity index (χ1n) is 10.8. The molecule has 4 rings (SSSR count). The number of hydrogen-bond donors (Lipinski definition) is 1. The molecule has 8 nitrogen and oxygen atoms in total. The molecule has 1 amide bonds. The van der Waals surface area contributed by atoms with Crippen molar-refractivity contribution in [2.75, 3.05) is 38.1 Å². The summed E-state index contributed by atoms with van der Waals surface area (Å²) in [5, 5.41) is 15.7. The van der Waals surface area contributed by atoms with Crippen LogP contribution in [-0.4, -0.2) is 70.1 Å². The normalized spacial score (nSPS) is 16.1. The van der Waals surface area contributed by atoms with E-state index in [4.69, 9.17) is 0 Å². The quantitative estimate of drug-likeness (QED) is 0.571. The van der Waals surface area contributed by atoms with E-state index in [9.17, 15) is 4.79 Å². The van der Waals surface area contributed by atoms with Crippen molar-refractivity contribution in [3.63, 3.8) is 0 Å². The maximum absolute atomic E-state index is 12.4. The van der Waals surface area contributed by atoms with Gasteiger partial charge in [-0.2, -0.15) is 10.2 Å². The Kier molecular flexibility index (Phi) is 6.89. The van der Waals surface area contributed by atoms with E-state index in [1.807, 2.05) is 66.6 Å². The van der Waals surface area contributed by atoms with E-state index in [2.05, 4.69) is 30.4 Å². The van der Waals surface area contributed by atoms with Gasteiger partial charge in [0, 0.05) is 38.1 Å². The van der Waals surface area contributed by atoms with Gasteiger partial charge in [0.2, 0.25) is 5.91 Å². The molecule has 1 aliphatic rings. The molecule has 1 N–H and O–H groups in total. The molecule has 0 saturated carbocycles. The van der Waals surface area contributed by atoms with Crippen LogP contribution in [0.4, 0.5) is 5.82 Å². The van der Waals surface area contributed by atoms with Gasteiger partial charge in [0.15, 0.2) is 5.82 Å². The topological polar surface area (TPSA) is 79.2 Å². The van der Waals surface area contributed by atoms with Gasteiger partial charge in [-0.25, -0.2) is 4.68 Å². The highest BCUT2D eigenvalue weighted by atomic mass is 16.2. The average Bonchev–Trinajstić information content (AvgIpc) is 3.45. The summed E-state index contributed by atoms with van der Waals surface area (Å²) in [7, 11) is 2.00. The summed E-state index contributed by atoms with van der Waals surface area (Å²) in [6.07, 6.45) is 8.55. The molecule has 3 heterocycles. The molecule has 162 valence electrons. The summed E-state index contributed by atoms with van der Waals surface area (Å²) in [5.41, 5.74) is 2.13. The SMILES string of the molecule is CN(CC(=O)NCCc1cnn(-c2ccccc2)c1)CC1CCCN1c1cccnn1. The van der Waals surface area contributed by atoms with Crippen molar-refractivity contribution in [1.29, 1.82) is 0 Å². The fourth-order valence-corrected chi connectivity index (χ4v) is 4.06. The third kappa shape index (κ3) is 5.67. The number of nitrogens with one attached hydrogen (secondary N) is 1. The summed E-state index contributed by atoms with van der Waals surface area (Å²) in [4.78, 5) is 16.8. The molecule has 1 aromatic carbocycles. The zero-order chi connectivity index (χ0) is 21.5. The van der Waals surface area contributed by atoms with Crippen LogP contribution in [0, 0.1) is 0 Å². The lowest BCUT2D eigenvalue weighted by atomic mass is 10.2. The third-order valence-electron chi connectivity index (χ3n) is 5.56. The van der Waals surface area contributed by atoms with Crippen molar-refractivity contribution in [3.8, 4) is 5.69 Å².